The van der Waals surface area contributed by atoms with E-state index in [-0.39, 0.29) is 0 Å². The first-order valence-corrected chi connectivity index (χ1v) is 2.98. The van der Waals surface area contributed by atoms with Crippen molar-refractivity contribution in [2.24, 2.45) is 7.05 Å². The van der Waals surface area contributed by atoms with Crippen LogP contribution in [-0.4, -0.2) is 20.8 Å². The zero-order valence-electron chi connectivity index (χ0n) is 5.87. The van der Waals surface area contributed by atoms with Gasteiger partial charge in [0.05, 0.1) is 0 Å². The number of nitrogens with zero attached hydrogens (tertiary/aromatic N) is 3. The van der Waals surface area contributed by atoms with Gasteiger partial charge in [0.2, 0.25) is 0 Å². The Labute approximate surface area is 61.1 Å². The molecule has 1 heterocycles. The Kier molecular flexibility index (Phi) is 2.02. The van der Waals surface area contributed by atoms with Gasteiger partial charge in [0.15, 0.2) is 0 Å². The SMILES string of the molecule is Cn1cnc(=O)n1CC(F)F. The van der Waals surface area contributed by atoms with Crippen molar-refractivity contribution in [1.82, 2.24) is 14.3 Å². The quantitative estimate of drug-likeness (QED) is 0.608. The lowest BCUT2D eigenvalue weighted by molar-refractivity contribution is 0.115. The maximum absolute atomic E-state index is 11.8. The van der Waals surface area contributed by atoms with E-state index in [1.807, 2.05) is 0 Å². The van der Waals surface area contributed by atoms with Crippen LogP contribution in [0.15, 0.2) is 11.1 Å². The highest BCUT2D eigenvalue weighted by molar-refractivity contribution is 4.63. The zero-order chi connectivity index (χ0) is 8.43. The summed E-state index contributed by atoms with van der Waals surface area (Å²) in [7, 11) is 1.48. The number of alkyl halides is 2. The topological polar surface area (TPSA) is 39.8 Å². The van der Waals surface area contributed by atoms with Crippen molar-refractivity contribution in [3.8, 4) is 0 Å². The second-order valence-corrected chi connectivity index (χ2v) is 2.07. The van der Waals surface area contributed by atoms with E-state index in [9.17, 15) is 13.6 Å². The summed E-state index contributed by atoms with van der Waals surface area (Å²) in [6, 6.07) is 0. The van der Waals surface area contributed by atoms with Crippen LogP contribution in [0.25, 0.3) is 0 Å². The highest BCUT2D eigenvalue weighted by Gasteiger charge is 2.08. The molecule has 0 saturated heterocycles. The molecule has 0 bridgehead atoms. The number of hydrogen-bond donors (Lipinski definition) is 0. The molecule has 6 heteroatoms. The fourth-order valence-corrected chi connectivity index (χ4v) is 0.734. The molecule has 0 saturated carbocycles. The second kappa shape index (κ2) is 2.81. The smallest absolute Gasteiger partial charge is 0.273 e. The molecule has 0 unspecified atom stereocenters. The minimum Gasteiger partial charge on any atom is -0.273 e. The normalized spacial score (nSPS) is 10.9. The first kappa shape index (κ1) is 7.90. The minimum absolute atomic E-state index is 0.602. The zero-order valence-corrected chi connectivity index (χ0v) is 5.87. The molecular weight excluding hydrogens is 156 g/mol. The molecule has 0 aromatic carbocycles. The van der Waals surface area contributed by atoms with Gasteiger partial charge in [-0.15, -0.1) is 0 Å². The molecule has 0 aliphatic carbocycles. The molecule has 0 N–H and O–H groups in total. The first-order valence-electron chi connectivity index (χ1n) is 2.98. The van der Waals surface area contributed by atoms with Crippen molar-refractivity contribution in [3.63, 3.8) is 0 Å². The predicted molar refractivity (Wildman–Crippen MR) is 33.5 cm³/mol. The van der Waals surface area contributed by atoms with Crippen molar-refractivity contribution in [2.75, 3.05) is 0 Å². The van der Waals surface area contributed by atoms with E-state index >= 15 is 0 Å². The number of hydrogen-bond acceptors (Lipinski definition) is 2. The minimum atomic E-state index is -2.52. The summed E-state index contributed by atoms with van der Waals surface area (Å²) in [5.74, 6) is 0. The lowest BCUT2D eigenvalue weighted by atomic mass is 10.7. The van der Waals surface area contributed by atoms with Gasteiger partial charge in [-0.3, -0.25) is 4.68 Å². The summed E-state index contributed by atoms with van der Waals surface area (Å²) in [5.41, 5.74) is -0.646. The van der Waals surface area contributed by atoms with Gasteiger partial charge in [0.25, 0.3) is 6.43 Å². The van der Waals surface area contributed by atoms with Crippen molar-refractivity contribution in [2.45, 2.75) is 13.0 Å². The van der Waals surface area contributed by atoms with Gasteiger partial charge in [-0.25, -0.2) is 18.3 Å². The molecule has 0 amide bonds. The first-order chi connectivity index (χ1) is 5.11. The molecule has 0 atom stereocenters. The lowest BCUT2D eigenvalue weighted by Crippen LogP contribution is -2.25. The second-order valence-electron chi connectivity index (χ2n) is 2.07. The third-order valence-electron chi connectivity index (χ3n) is 1.25. The maximum atomic E-state index is 11.8. The van der Waals surface area contributed by atoms with Crippen LogP contribution in [0.1, 0.15) is 0 Å². The molecule has 4 nitrogen and oxygen atoms in total. The highest BCUT2D eigenvalue weighted by Crippen LogP contribution is 1.93. The van der Waals surface area contributed by atoms with E-state index in [0.717, 1.165) is 4.68 Å². The van der Waals surface area contributed by atoms with Gasteiger partial charge < -0.3 is 0 Å². The summed E-state index contributed by atoms with van der Waals surface area (Å²) in [6.45, 7) is -0.602. The summed E-state index contributed by atoms with van der Waals surface area (Å²) < 4.78 is 25.6. The Bertz CT molecular complexity index is 290. The molecule has 0 fully saturated rings. The van der Waals surface area contributed by atoms with Crippen LogP contribution in [-0.2, 0) is 13.6 Å². The third-order valence-corrected chi connectivity index (χ3v) is 1.25. The van der Waals surface area contributed by atoms with E-state index in [1.165, 1.54) is 18.1 Å². The Hall–Kier alpha value is -1.20. The molecule has 0 aliphatic rings. The fourth-order valence-electron chi connectivity index (χ4n) is 0.734. The van der Waals surface area contributed by atoms with Crippen molar-refractivity contribution in [3.05, 3.63) is 16.8 Å². The van der Waals surface area contributed by atoms with Crippen LogP contribution in [0.2, 0.25) is 0 Å². The van der Waals surface area contributed by atoms with E-state index in [2.05, 4.69) is 4.98 Å². The van der Waals surface area contributed by atoms with Crippen LogP contribution >= 0.6 is 0 Å². The lowest BCUT2D eigenvalue weighted by Gasteiger charge is -2.02. The van der Waals surface area contributed by atoms with Gasteiger partial charge in [-0.2, -0.15) is 4.98 Å². The number of aromatic nitrogens is 3. The average Bonchev–Trinajstić information content (AvgIpc) is 2.18. The van der Waals surface area contributed by atoms with E-state index in [1.54, 1.807) is 0 Å². The monoisotopic (exact) mass is 163 g/mol. The maximum Gasteiger partial charge on any atom is 0.364 e. The summed E-state index contributed by atoms with van der Waals surface area (Å²) >= 11 is 0. The standard InChI is InChI=1S/C5H7F2N3O/c1-9-3-8-5(11)10(9)2-4(6)7/h3-4H,2H2,1H3. The molecule has 1 aromatic rings. The van der Waals surface area contributed by atoms with Gasteiger partial charge in [0.1, 0.15) is 12.9 Å². The van der Waals surface area contributed by atoms with Crippen LogP contribution in [0, 0.1) is 0 Å². The molecule has 1 aromatic heterocycles. The Morgan fingerprint density at radius 3 is 2.73 bits per heavy atom. The van der Waals surface area contributed by atoms with Crippen molar-refractivity contribution >= 4 is 0 Å². The summed E-state index contributed by atoms with van der Waals surface area (Å²) in [5, 5.41) is 0. The van der Waals surface area contributed by atoms with E-state index < -0.39 is 18.7 Å². The number of halogens is 2. The Balaban J connectivity index is 2.92. The van der Waals surface area contributed by atoms with Crippen molar-refractivity contribution < 1.29 is 8.78 Å². The molecular formula is C5H7F2N3O. The Morgan fingerprint density at radius 2 is 2.36 bits per heavy atom. The molecule has 0 spiro atoms. The summed E-state index contributed by atoms with van der Waals surface area (Å²) in [6.07, 6.45) is -1.33. The molecule has 11 heavy (non-hydrogen) atoms. The number of aryl methyl sites for hydroxylation is 1. The van der Waals surface area contributed by atoms with Gasteiger partial charge >= 0.3 is 5.69 Å². The third kappa shape index (κ3) is 1.63. The van der Waals surface area contributed by atoms with Crippen molar-refractivity contribution in [1.29, 1.82) is 0 Å². The summed E-state index contributed by atoms with van der Waals surface area (Å²) in [4.78, 5) is 14.0. The van der Waals surface area contributed by atoms with E-state index in [4.69, 9.17) is 0 Å². The molecule has 62 valence electrons. The molecule has 0 aliphatic heterocycles. The largest absolute Gasteiger partial charge is 0.364 e. The molecule has 1 rings (SSSR count). The van der Waals surface area contributed by atoms with Crippen LogP contribution in [0.3, 0.4) is 0 Å². The Morgan fingerprint density at radius 1 is 1.73 bits per heavy atom. The van der Waals surface area contributed by atoms with Gasteiger partial charge in [-0.05, 0) is 0 Å². The molecule has 0 radical (unpaired) electrons. The van der Waals surface area contributed by atoms with Gasteiger partial charge in [0, 0.05) is 7.05 Å². The fraction of sp³-hybridized carbons (Fsp3) is 0.600. The highest BCUT2D eigenvalue weighted by atomic mass is 19.3. The van der Waals surface area contributed by atoms with Crippen LogP contribution in [0.4, 0.5) is 8.78 Å². The number of rotatable bonds is 2. The average molecular weight is 163 g/mol. The van der Waals surface area contributed by atoms with E-state index in [0.29, 0.717) is 0 Å². The van der Waals surface area contributed by atoms with Gasteiger partial charge in [-0.1, -0.05) is 0 Å². The van der Waals surface area contributed by atoms with Crippen LogP contribution < -0.4 is 5.69 Å². The van der Waals surface area contributed by atoms with Crippen LogP contribution in [0.5, 0.6) is 0 Å². The predicted octanol–water partition coefficient (Wildman–Crippen LogP) is -0.153.